The van der Waals surface area contributed by atoms with Crippen molar-refractivity contribution in [2.24, 2.45) is 0 Å². The maximum Gasteiger partial charge on any atom is 0.128 e. The van der Waals surface area contributed by atoms with Crippen LogP contribution in [0.15, 0.2) is 54.6 Å². The van der Waals surface area contributed by atoms with Crippen molar-refractivity contribution in [2.75, 3.05) is 0 Å². The van der Waals surface area contributed by atoms with E-state index in [1.165, 1.54) is 27.8 Å². The van der Waals surface area contributed by atoms with Crippen LogP contribution in [0.2, 0.25) is 0 Å². The third-order valence-corrected chi connectivity index (χ3v) is 6.23. The monoisotopic (exact) mass is 444 g/mol. The summed E-state index contributed by atoms with van der Waals surface area (Å²) >= 11 is 0. The number of benzene rings is 2. The summed E-state index contributed by atoms with van der Waals surface area (Å²) in [5, 5.41) is 0. The highest BCUT2D eigenvalue weighted by atomic mass is 16.5. The summed E-state index contributed by atoms with van der Waals surface area (Å²) in [6.45, 7) is 17.0. The Morgan fingerprint density at radius 3 is 2.03 bits per heavy atom. The fraction of sp³-hybridized carbons (Fsp3) is 0.433. The quantitative estimate of drug-likeness (QED) is 0.326. The van der Waals surface area contributed by atoms with Crippen LogP contribution in [-0.2, 0) is 25.9 Å². The van der Waals surface area contributed by atoms with Crippen molar-refractivity contribution in [3.05, 3.63) is 82.5 Å². The van der Waals surface area contributed by atoms with E-state index in [1.54, 1.807) is 0 Å². The Hall–Kier alpha value is -2.65. The first-order chi connectivity index (χ1) is 15.8. The van der Waals surface area contributed by atoms with Crippen LogP contribution in [0.1, 0.15) is 69.5 Å². The number of hydrogen-bond acceptors (Lipinski definition) is 3. The Morgan fingerprint density at radius 2 is 1.48 bits per heavy atom. The molecule has 33 heavy (non-hydrogen) atoms. The van der Waals surface area contributed by atoms with Gasteiger partial charge in [-0.3, -0.25) is 9.88 Å². The molecule has 1 aromatic heterocycles. The second-order valence-electron chi connectivity index (χ2n) is 9.38. The Kier molecular flexibility index (Phi) is 8.68. The van der Waals surface area contributed by atoms with Gasteiger partial charge < -0.3 is 4.74 Å². The third kappa shape index (κ3) is 6.23. The van der Waals surface area contributed by atoms with Gasteiger partial charge >= 0.3 is 0 Å². The Balaban J connectivity index is 2.06. The molecule has 3 aromatic rings. The Labute approximate surface area is 200 Å². The van der Waals surface area contributed by atoms with Gasteiger partial charge in [0.25, 0.3) is 0 Å². The van der Waals surface area contributed by atoms with Gasteiger partial charge in [0, 0.05) is 42.0 Å². The molecule has 0 aliphatic carbocycles. The summed E-state index contributed by atoms with van der Waals surface area (Å²) in [5.74, 6) is 0.958. The van der Waals surface area contributed by atoms with Crippen LogP contribution in [-0.4, -0.2) is 22.0 Å². The van der Waals surface area contributed by atoms with Crippen molar-refractivity contribution in [3.63, 3.8) is 0 Å². The van der Waals surface area contributed by atoms with Crippen LogP contribution in [0.3, 0.4) is 0 Å². The summed E-state index contributed by atoms with van der Waals surface area (Å²) < 4.78 is 6.40. The average molecular weight is 445 g/mol. The van der Waals surface area contributed by atoms with Crippen LogP contribution in [0.4, 0.5) is 0 Å². The molecule has 0 bridgehead atoms. The van der Waals surface area contributed by atoms with E-state index in [-0.39, 0.29) is 6.10 Å². The fourth-order valence-corrected chi connectivity index (χ4v) is 4.36. The fourth-order valence-electron chi connectivity index (χ4n) is 4.36. The summed E-state index contributed by atoms with van der Waals surface area (Å²) in [7, 11) is 0. The summed E-state index contributed by atoms with van der Waals surface area (Å²) in [5.41, 5.74) is 8.55. The number of rotatable bonds is 10. The van der Waals surface area contributed by atoms with Crippen LogP contribution in [0.5, 0.6) is 5.75 Å². The lowest BCUT2D eigenvalue weighted by Gasteiger charge is -2.29. The zero-order chi connectivity index (χ0) is 24.0. The van der Waals surface area contributed by atoms with Crippen molar-refractivity contribution in [3.8, 4) is 17.0 Å². The van der Waals surface area contributed by atoms with Crippen LogP contribution in [0, 0.1) is 6.92 Å². The van der Waals surface area contributed by atoms with E-state index in [1.807, 2.05) is 0 Å². The minimum Gasteiger partial charge on any atom is -0.491 e. The number of nitrogens with zero attached hydrogens (tertiary/aromatic N) is 2. The number of aryl methyl sites for hydroxylation is 3. The zero-order valence-corrected chi connectivity index (χ0v) is 21.5. The van der Waals surface area contributed by atoms with Crippen LogP contribution in [0.25, 0.3) is 11.3 Å². The van der Waals surface area contributed by atoms with Crippen molar-refractivity contribution in [1.82, 2.24) is 9.88 Å². The number of hydrogen-bond donors (Lipinski definition) is 0. The predicted molar refractivity (Wildman–Crippen MR) is 140 cm³/mol. The van der Waals surface area contributed by atoms with Gasteiger partial charge in [0.1, 0.15) is 5.75 Å². The highest BCUT2D eigenvalue weighted by molar-refractivity contribution is 5.70. The molecule has 176 valence electrons. The predicted octanol–water partition coefficient (Wildman–Crippen LogP) is 7.38. The third-order valence-electron chi connectivity index (χ3n) is 6.23. The largest absolute Gasteiger partial charge is 0.491 e. The van der Waals surface area contributed by atoms with Crippen LogP contribution >= 0.6 is 0 Å². The molecular weight excluding hydrogens is 404 g/mol. The van der Waals surface area contributed by atoms with Gasteiger partial charge in [0.2, 0.25) is 0 Å². The molecule has 1 heterocycles. The first-order valence-electron chi connectivity index (χ1n) is 12.4. The lowest BCUT2D eigenvalue weighted by atomic mass is 9.94. The molecule has 0 aliphatic heterocycles. The zero-order valence-electron chi connectivity index (χ0n) is 21.5. The van der Waals surface area contributed by atoms with E-state index in [2.05, 4.69) is 108 Å². The van der Waals surface area contributed by atoms with Crippen LogP contribution < -0.4 is 4.74 Å². The van der Waals surface area contributed by atoms with Gasteiger partial charge in [0.05, 0.1) is 11.8 Å². The molecule has 0 saturated heterocycles. The van der Waals surface area contributed by atoms with Crippen molar-refractivity contribution < 1.29 is 4.74 Å². The Morgan fingerprint density at radius 1 is 0.848 bits per heavy atom. The molecule has 0 atom stereocenters. The molecule has 3 nitrogen and oxygen atoms in total. The molecule has 0 fully saturated rings. The second kappa shape index (κ2) is 11.5. The molecular formula is C30H40N2O. The van der Waals surface area contributed by atoms with Gasteiger partial charge in [-0.1, -0.05) is 62.4 Å². The standard InChI is InChI=1S/C30H40N2O/c1-8-25-16-13-17-26(9-2)30(25)28-18-29(33-22(5)6)27(23(7)31-28)20-32(21(3)4)19-24-14-11-10-12-15-24/h10-18,21-22H,8-9,19-20H2,1-7H3. The number of ether oxygens (including phenoxy) is 1. The highest BCUT2D eigenvalue weighted by Gasteiger charge is 2.20. The van der Waals surface area contributed by atoms with E-state index < -0.39 is 0 Å². The van der Waals surface area contributed by atoms with E-state index in [4.69, 9.17) is 9.72 Å². The topological polar surface area (TPSA) is 25.4 Å². The van der Waals surface area contributed by atoms with Gasteiger partial charge in [-0.2, -0.15) is 0 Å². The SMILES string of the molecule is CCc1cccc(CC)c1-c1cc(OC(C)C)c(CN(Cc2ccccc2)C(C)C)c(C)n1. The van der Waals surface area contributed by atoms with E-state index in [0.717, 1.165) is 43.1 Å². The first-order valence-corrected chi connectivity index (χ1v) is 12.4. The molecule has 0 unspecified atom stereocenters. The van der Waals surface area contributed by atoms with Crippen molar-refractivity contribution in [2.45, 2.75) is 86.5 Å². The van der Waals surface area contributed by atoms with Crippen molar-refractivity contribution in [1.29, 1.82) is 0 Å². The average Bonchev–Trinajstić information content (AvgIpc) is 2.79. The molecule has 0 N–H and O–H groups in total. The maximum atomic E-state index is 6.40. The molecule has 3 heteroatoms. The summed E-state index contributed by atoms with van der Waals surface area (Å²) in [4.78, 5) is 7.63. The molecule has 0 radical (unpaired) electrons. The lowest BCUT2D eigenvalue weighted by molar-refractivity contribution is 0.192. The molecule has 0 amide bonds. The molecule has 0 saturated carbocycles. The minimum absolute atomic E-state index is 0.104. The van der Waals surface area contributed by atoms with Gasteiger partial charge in [-0.25, -0.2) is 0 Å². The van der Waals surface area contributed by atoms with E-state index >= 15 is 0 Å². The van der Waals surface area contributed by atoms with Crippen molar-refractivity contribution >= 4 is 0 Å². The van der Waals surface area contributed by atoms with Gasteiger partial charge in [-0.15, -0.1) is 0 Å². The summed E-state index contributed by atoms with van der Waals surface area (Å²) in [6, 6.07) is 19.9. The molecule has 3 rings (SSSR count). The number of pyridine rings is 1. The smallest absolute Gasteiger partial charge is 0.128 e. The Bertz CT molecular complexity index is 1020. The first kappa shape index (κ1) is 25.0. The lowest BCUT2D eigenvalue weighted by Crippen LogP contribution is -2.30. The van der Waals surface area contributed by atoms with E-state index in [9.17, 15) is 0 Å². The minimum atomic E-state index is 0.104. The molecule has 0 spiro atoms. The van der Waals surface area contributed by atoms with E-state index in [0.29, 0.717) is 6.04 Å². The highest BCUT2D eigenvalue weighted by Crippen LogP contribution is 2.34. The molecule has 0 aliphatic rings. The second-order valence-corrected chi connectivity index (χ2v) is 9.38. The maximum absolute atomic E-state index is 6.40. The summed E-state index contributed by atoms with van der Waals surface area (Å²) in [6.07, 6.45) is 2.08. The van der Waals surface area contributed by atoms with Gasteiger partial charge in [0.15, 0.2) is 0 Å². The normalized spacial score (nSPS) is 11.6. The molecule has 2 aromatic carbocycles. The van der Waals surface area contributed by atoms with Gasteiger partial charge in [-0.05, 0) is 64.2 Å². The number of aromatic nitrogens is 1.